The van der Waals surface area contributed by atoms with Crippen molar-refractivity contribution in [2.24, 2.45) is 0 Å². The van der Waals surface area contributed by atoms with E-state index in [4.69, 9.17) is 0 Å². The van der Waals surface area contributed by atoms with E-state index in [2.05, 4.69) is 62.3 Å². The molecule has 0 fully saturated rings. The van der Waals surface area contributed by atoms with Gasteiger partial charge in [0.15, 0.2) is 0 Å². The van der Waals surface area contributed by atoms with Crippen molar-refractivity contribution in [2.45, 2.75) is 366 Å². The molecule has 0 saturated carbocycles. The van der Waals surface area contributed by atoms with Gasteiger partial charge in [-0.15, -0.1) is 0 Å². The van der Waals surface area contributed by atoms with E-state index in [0.717, 1.165) is 0 Å². The SMILES string of the molecule is CCCCCCCCCCCCCCCCC(C)(C)[Si](O)(C(C)(C)CCCCCCCCCCCCCCCC)C(C)(C)CCCCCCCCCCCCCCCC. The summed E-state index contributed by atoms with van der Waals surface area (Å²) in [5.41, 5.74) is 0. The molecule has 0 heterocycles. The quantitative estimate of drug-likeness (QED) is 0.0478. The summed E-state index contributed by atoms with van der Waals surface area (Å²) in [7, 11) is -2.75. The Morgan fingerprint density at radius 3 is 0.475 bits per heavy atom. The van der Waals surface area contributed by atoms with Crippen LogP contribution in [0.2, 0.25) is 15.1 Å². The molecule has 0 aliphatic heterocycles. The van der Waals surface area contributed by atoms with Crippen LogP contribution in [0.3, 0.4) is 0 Å². The van der Waals surface area contributed by atoms with Gasteiger partial charge in [-0.25, -0.2) is 0 Å². The molecule has 0 aromatic carbocycles. The molecule has 0 radical (unpaired) electrons. The summed E-state index contributed by atoms with van der Waals surface area (Å²) in [4.78, 5) is 13.5. The lowest BCUT2D eigenvalue weighted by Crippen LogP contribution is -2.61. The van der Waals surface area contributed by atoms with Crippen LogP contribution in [-0.4, -0.2) is 13.1 Å². The fourth-order valence-electron chi connectivity index (χ4n) is 11.6. The van der Waals surface area contributed by atoms with Gasteiger partial charge in [-0.2, -0.15) is 0 Å². The minimum atomic E-state index is -2.75. The molecule has 0 rings (SSSR count). The monoisotopic (exact) mass is 847 g/mol. The van der Waals surface area contributed by atoms with E-state index in [-0.39, 0.29) is 15.1 Å². The largest absolute Gasteiger partial charge is 0.430 e. The van der Waals surface area contributed by atoms with Gasteiger partial charge in [0.05, 0.1) is 0 Å². The summed E-state index contributed by atoms with van der Waals surface area (Å²) in [5, 5.41) is 0.0926. The first-order valence-corrected chi connectivity index (χ1v) is 30.1. The summed E-state index contributed by atoms with van der Waals surface area (Å²) in [6, 6.07) is 0. The van der Waals surface area contributed by atoms with Crippen molar-refractivity contribution < 1.29 is 4.80 Å². The van der Waals surface area contributed by atoms with Gasteiger partial charge in [0, 0.05) is 0 Å². The van der Waals surface area contributed by atoms with Crippen molar-refractivity contribution in [3.8, 4) is 0 Å². The molecule has 1 nitrogen and oxygen atoms in total. The smallest absolute Gasteiger partial charge is 0.205 e. The van der Waals surface area contributed by atoms with Crippen molar-refractivity contribution in [1.82, 2.24) is 0 Å². The Bertz CT molecular complexity index is 736. The highest BCUT2D eigenvalue weighted by atomic mass is 28.4. The minimum Gasteiger partial charge on any atom is -0.430 e. The first-order valence-electron chi connectivity index (χ1n) is 28.2. The number of hydrogen-bond acceptors (Lipinski definition) is 1. The minimum absolute atomic E-state index is 0.0309. The third-order valence-corrected chi connectivity index (χ3v) is 22.0. The number of hydrogen-bond donors (Lipinski definition) is 1. The molecular formula is C57H118OSi. The van der Waals surface area contributed by atoms with Crippen LogP contribution >= 0.6 is 0 Å². The molecule has 0 unspecified atom stereocenters. The molecule has 0 aromatic heterocycles. The predicted octanol–water partition coefficient (Wildman–Crippen LogP) is 21.9. The van der Waals surface area contributed by atoms with Crippen LogP contribution < -0.4 is 0 Å². The normalized spacial score (nSPS) is 12.9. The summed E-state index contributed by atoms with van der Waals surface area (Å²) >= 11 is 0. The van der Waals surface area contributed by atoms with Crippen LogP contribution in [0.15, 0.2) is 0 Å². The summed E-state index contributed by atoms with van der Waals surface area (Å²) in [6.45, 7) is 22.0. The van der Waals surface area contributed by atoms with E-state index in [1.54, 1.807) is 0 Å². The highest BCUT2D eigenvalue weighted by Crippen LogP contribution is 2.65. The Balaban J connectivity index is 4.91. The second kappa shape index (κ2) is 39.7. The molecule has 0 saturated heterocycles. The summed E-state index contributed by atoms with van der Waals surface area (Å²) in [6.07, 6.45) is 63.0. The standard InChI is InChI=1S/C57H118OSi/c1-10-13-16-19-22-25-28-31-34-37-40-43-46-49-52-55(4,5)59(58,56(6,7)53-50-47-44-41-38-35-32-29-26-23-20-17-14-11-2)57(8,9)54-51-48-45-42-39-36-33-30-27-24-21-18-15-12-3/h58H,10-54H2,1-9H3. The second-order valence-corrected chi connectivity index (χ2v) is 27.9. The molecule has 356 valence electrons. The van der Waals surface area contributed by atoms with Gasteiger partial charge in [-0.1, -0.05) is 332 Å². The third-order valence-electron chi connectivity index (χ3n) is 15.4. The molecule has 59 heavy (non-hydrogen) atoms. The molecule has 0 aliphatic rings. The lowest BCUT2D eigenvalue weighted by atomic mass is 9.99. The average molecular weight is 848 g/mol. The first-order chi connectivity index (χ1) is 28.4. The van der Waals surface area contributed by atoms with E-state index in [9.17, 15) is 4.80 Å². The van der Waals surface area contributed by atoms with Crippen LogP contribution in [-0.2, 0) is 0 Å². The van der Waals surface area contributed by atoms with Crippen molar-refractivity contribution in [1.29, 1.82) is 0 Å². The van der Waals surface area contributed by atoms with E-state index in [0.29, 0.717) is 0 Å². The lowest BCUT2D eigenvalue weighted by Gasteiger charge is -2.58. The molecule has 0 amide bonds. The molecule has 0 aromatic rings. The van der Waals surface area contributed by atoms with Gasteiger partial charge in [0.2, 0.25) is 8.32 Å². The highest BCUT2D eigenvalue weighted by molar-refractivity contribution is 6.81. The summed E-state index contributed by atoms with van der Waals surface area (Å²) in [5.74, 6) is 0. The van der Waals surface area contributed by atoms with Crippen LogP contribution in [0.4, 0.5) is 0 Å². The van der Waals surface area contributed by atoms with E-state index >= 15 is 0 Å². The predicted molar refractivity (Wildman–Crippen MR) is 275 cm³/mol. The first kappa shape index (κ1) is 59.2. The van der Waals surface area contributed by atoms with Crippen molar-refractivity contribution in [3.63, 3.8) is 0 Å². The molecule has 2 heteroatoms. The lowest BCUT2D eigenvalue weighted by molar-refractivity contribution is 0.301. The molecule has 0 bridgehead atoms. The molecular weight excluding hydrogens is 729 g/mol. The fourth-order valence-corrected chi connectivity index (χ4v) is 18.7. The number of rotatable bonds is 48. The fraction of sp³-hybridized carbons (Fsp3) is 1.00. The molecule has 0 spiro atoms. The van der Waals surface area contributed by atoms with Gasteiger partial charge in [0.1, 0.15) is 0 Å². The Morgan fingerprint density at radius 2 is 0.339 bits per heavy atom. The van der Waals surface area contributed by atoms with Gasteiger partial charge in [-0.3, -0.25) is 0 Å². The van der Waals surface area contributed by atoms with Crippen molar-refractivity contribution in [3.05, 3.63) is 0 Å². The van der Waals surface area contributed by atoms with Gasteiger partial charge < -0.3 is 4.80 Å². The van der Waals surface area contributed by atoms with Gasteiger partial charge >= 0.3 is 0 Å². The molecule has 1 N–H and O–H groups in total. The Hall–Kier alpha value is 0.177. The maximum atomic E-state index is 13.5. The zero-order valence-electron chi connectivity index (χ0n) is 43.3. The zero-order valence-corrected chi connectivity index (χ0v) is 44.3. The second-order valence-electron chi connectivity index (χ2n) is 22.4. The van der Waals surface area contributed by atoms with Crippen LogP contribution in [0.1, 0.15) is 351 Å². The molecule has 0 atom stereocenters. The number of unbranched alkanes of at least 4 members (excludes halogenated alkanes) is 39. The average Bonchev–Trinajstić information content (AvgIpc) is 3.20. The molecule has 0 aliphatic carbocycles. The van der Waals surface area contributed by atoms with Crippen LogP contribution in [0, 0.1) is 0 Å². The van der Waals surface area contributed by atoms with Crippen LogP contribution in [0.25, 0.3) is 0 Å². The van der Waals surface area contributed by atoms with Gasteiger partial charge in [0.25, 0.3) is 0 Å². The Kier molecular flexibility index (Phi) is 39.9. The van der Waals surface area contributed by atoms with Crippen LogP contribution in [0.5, 0.6) is 0 Å². The van der Waals surface area contributed by atoms with E-state index in [1.165, 1.54) is 289 Å². The van der Waals surface area contributed by atoms with Gasteiger partial charge in [-0.05, 0) is 34.4 Å². The Morgan fingerprint density at radius 1 is 0.220 bits per heavy atom. The van der Waals surface area contributed by atoms with Crippen molar-refractivity contribution >= 4 is 8.32 Å². The topological polar surface area (TPSA) is 20.2 Å². The Labute approximate surface area is 377 Å². The highest BCUT2D eigenvalue weighted by Gasteiger charge is 2.63. The summed E-state index contributed by atoms with van der Waals surface area (Å²) < 4.78 is 0. The van der Waals surface area contributed by atoms with Crippen molar-refractivity contribution in [2.75, 3.05) is 0 Å². The van der Waals surface area contributed by atoms with E-state index < -0.39 is 8.32 Å². The third kappa shape index (κ3) is 30.0. The zero-order chi connectivity index (χ0) is 43.8. The maximum absolute atomic E-state index is 13.5. The maximum Gasteiger partial charge on any atom is 0.205 e. The van der Waals surface area contributed by atoms with E-state index in [1.807, 2.05) is 0 Å².